The number of fused-ring (bicyclic) bond motifs is 4. The van der Waals surface area contributed by atoms with Crippen LogP contribution in [0.1, 0.15) is 0 Å². The highest BCUT2D eigenvalue weighted by atomic mass is 32.1. The minimum atomic E-state index is 0.590. The van der Waals surface area contributed by atoms with Crippen LogP contribution < -0.4 is 0 Å². The third-order valence-electron chi connectivity index (χ3n) is 8.32. The molecule has 0 spiro atoms. The zero-order chi connectivity index (χ0) is 30.5. The molecule has 46 heavy (non-hydrogen) atoms. The average molecular weight is 608 g/mol. The van der Waals surface area contributed by atoms with Gasteiger partial charge in [-0.3, -0.25) is 4.57 Å². The summed E-state index contributed by atoms with van der Waals surface area (Å²) >= 11 is 1.72. The normalized spacial score (nSPS) is 11.5. The quantitative estimate of drug-likeness (QED) is 0.195. The van der Waals surface area contributed by atoms with Gasteiger partial charge in [0.1, 0.15) is 5.01 Å². The van der Waals surface area contributed by atoms with E-state index in [1.165, 1.54) is 4.70 Å². The number of aromatic nitrogens is 5. The second-order valence-corrected chi connectivity index (χ2v) is 12.2. The molecule has 0 amide bonds. The second-order valence-electron chi connectivity index (χ2n) is 11.2. The Balaban J connectivity index is 1.18. The standard InChI is InChI=1S/C40H25N5S/c1-3-11-27(12-4-1)37-42-38(28-13-5-2-6-14-28)44-40(43-37)45-34-17-9-7-15-31(34)32-25-30(23-24-35(32)45)26-19-21-29(22-20-26)39-41-33-16-8-10-18-36(33)46-39/h1-25H. The van der Waals surface area contributed by atoms with Crippen molar-refractivity contribution < 1.29 is 0 Å². The lowest BCUT2D eigenvalue weighted by Gasteiger charge is -2.11. The Morgan fingerprint density at radius 1 is 0.413 bits per heavy atom. The number of hydrogen-bond acceptors (Lipinski definition) is 5. The fourth-order valence-corrected chi connectivity index (χ4v) is 7.04. The monoisotopic (exact) mass is 607 g/mol. The van der Waals surface area contributed by atoms with Gasteiger partial charge in [0.25, 0.3) is 0 Å². The first-order chi connectivity index (χ1) is 22.8. The SMILES string of the molecule is c1ccc(-c2nc(-c3ccccc3)nc(-n3c4ccccc4c4cc(-c5ccc(-c6nc7ccccc7s6)cc5)ccc43)n2)cc1. The number of hydrogen-bond donors (Lipinski definition) is 0. The van der Waals surface area contributed by atoms with Crippen molar-refractivity contribution in [1.29, 1.82) is 0 Å². The minimum Gasteiger partial charge on any atom is -0.278 e. The molecule has 0 aliphatic carbocycles. The van der Waals surface area contributed by atoms with Crippen molar-refractivity contribution in [3.63, 3.8) is 0 Å². The van der Waals surface area contributed by atoms with Crippen LogP contribution in [0.3, 0.4) is 0 Å². The molecule has 0 aliphatic rings. The van der Waals surface area contributed by atoms with Crippen LogP contribution in [-0.4, -0.2) is 24.5 Å². The number of para-hydroxylation sites is 2. The lowest BCUT2D eigenvalue weighted by molar-refractivity contribution is 0.953. The van der Waals surface area contributed by atoms with Gasteiger partial charge < -0.3 is 0 Å². The van der Waals surface area contributed by atoms with Crippen LogP contribution in [0.5, 0.6) is 0 Å². The maximum absolute atomic E-state index is 5.04. The minimum absolute atomic E-state index is 0.590. The molecule has 216 valence electrons. The summed E-state index contributed by atoms with van der Waals surface area (Å²) in [5, 5.41) is 3.33. The molecule has 0 saturated heterocycles. The number of nitrogens with zero attached hydrogens (tertiary/aromatic N) is 5. The Bertz CT molecular complexity index is 2430. The summed E-state index contributed by atoms with van der Waals surface area (Å²) in [7, 11) is 0. The molecule has 9 rings (SSSR count). The van der Waals surface area contributed by atoms with E-state index < -0.39 is 0 Å². The van der Waals surface area contributed by atoms with Crippen molar-refractivity contribution >= 4 is 43.4 Å². The smallest absolute Gasteiger partial charge is 0.238 e. The van der Waals surface area contributed by atoms with E-state index in [1.807, 2.05) is 66.7 Å². The van der Waals surface area contributed by atoms with Gasteiger partial charge in [-0.15, -0.1) is 11.3 Å². The molecule has 6 aromatic carbocycles. The van der Waals surface area contributed by atoms with E-state index in [0.29, 0.717) is 17.6 Å². The van der Waals surface area contributed by atoms with Crippen LogP contribution in [0.25, 0.3) is 82.4 Å². The Hall–Kier alpha value is -5.98. The van der Waals surface area contributed by atoms with Crippen LogP contribution >= 0.6 is 11.3 Å². The Morgan fingerprint density at radius 3 is 1.72 bits per heavy atom. The van der Waals surface area contributed by atoms with Crippen molar-refractivity contribution in [2.75, 3.05) is 0 Å². The topological polar surface area (TPSA) is 56.5 Å². The molecule has 0 radical (unpaired) electrons. The fourth-order valence-electron chi connectivity index (χ4n) is 6.07. The summed E-state index contributed by atoms with van der Waals surface area (Å²) < 4.78 is 3.36. The van der Waals surface area contributed by atoms with Crippen LogP contribution in [0.4, 0.5) is 0 Å². The van der Waals surface area contributed by atoms with Gasteiger partial charge in [-0.25, -0.2) is 9.97 Å². The van der Waals surface area contributed by atoms with E-state index in [0.717, 1.165) is 60.1 Å². The zero-order valence-corrected chi connectivity index (χ0v) is 25.4. The highest BCUT2D eigenvalue weighted by Gasteiger charge is 2.18. The summed E-state index contributed by atoms with van der Waals surface area (Å²) in [5.41, 5.74) is 8.45. The predicted octanol–water partition coefficient (Wildman–Crippen LogP) is 10.2. The van der Waals surface area contributed by atoms with E-state index in [9.17, 15) is 0 Å². The average Bonchev–Trinajstić information content (AvgIpc) is 3.72. The Labute approximate surface area is 269 Å². The van der Waals surface area contributed by atoms with E-state index in [-0.39, 0.29) is 0 Å². The first-order valence-corrected chi connectivity index (χ1v) is 16.0. The number of rotatable bonds is 5. The fraction of sp³-hybridized carbons (Fsp3) is 0. The van der Waals surface area contributed by atoms with E-state index in [2.05, 4.69) is 89.5 Å². The van der Waals surface area contributed by atoms with Crippen molar-refractivity contribution in [3.8, 4) is 50.4 Å². The van der Waals surface area contributed by atoms with Crippen LogP contribution in [0.2, 0.25) is 0 Å². The zero-order valence-electron chi connectivity index (χ0n) is 24.6. The summed E-state index contributed by atoms with van der Waals surface area (Å²) in [6, 6.07) is 52.3. The third kappa shape index (κ3) is 4.55. The number of thiazole rings is 1. The van der Waals surface area contributed by atoms with Crippen molar-refractivity contribution in [3.05, 3.63) is 152 Å². The first kappa shape index (κ1) is 26.4. The summed E-state index contributed by atoms with van der Waals surface area (Å²) in [5.74, 6) is 1.87. The highest BCUT2D eigenvalue weighted by Crippen LogP contribution is 2.36. The third-order valence-corrected chi connectivity index (χ3v) is 9.40. The Morgan fingerprint density at radius 2 is 1.00 bits per heavy atom. The van der Waals surface area contributed by atoms with Crippen LogP contribution in [0, 0.1) is 0 Å². The largest absolute Gasteiger partial charge is 0.278 e. The lowest BCUT2D eigenvalue weighted by atomic mass is 10.0. The first-order valence-electron chi connectivity index (χ1n) is 15.2. The maximum atomic E-state index is 5.04. The number of benzene rings is 6. The van der Waals surface area contributed by atoms with Gasteiger partial charge in [-0.1, -0.05) is 121 Å². The molecular formula is C40H25N5S. The van der Waals surface area contributed by atoms with Gasteiger partial charge in [-0.05, 0) is 41.5 Å². The summed E-state index contributed by atoms with van der Waals surface area (Å²) in [6.45, 7) is 0. The van der Waals surface area contributed by atoms with Gasteiger partial charge in [-0.2, -0.15) is 9.97 Å². The van der Waals surface area contributed by atoms with Crippen LogP contribution in [0.15, 0.2) is 152 Å². The lowest BCUT2D eigenvalue weighted by Crippen LogP contribution is -2.06. The van der Waals surface area contributed by atoms with Gasteiger partial charge >= 0.3 is 0 Å². The van der Waals surface area contributed by atoms with Gasteiger partial charge in [0.2, 0.25) is 5.95 Å². The van der Waals surface area contributed by atoms with E-state index in [4.69, 9.17) is 19.9 Å². The molecule has 0 atom stereocenters. The molecule has 3 heterocycles. The molecule has 0 bridgehead atoms. The van der Waals surface area contributed by atoms with E-state index >= 15 is 0 Å². The van der Waals surface area contributed by atoms with Gasteiger partial charge in [0.05, 0.1) is 21.3 Å². The molecule has 0 unspecified atom stereocenters. The summed E-state index contributed by atoms with van der Waals surface area (Å²) in [6.07, 6.45) is 0. The van der Waals surface area contributed by atoms with Crippen LogP contribution in [-0.2, 0) is 0 Å². The maximum Gasteiger partial charge on any atom is 0.238 e. The molecule has 9 aromatic rings. The van der Waals surface area contributed by atoms with Crippen molar-refractivity contribution in [2.45, 2.75) is 0 Å². The molecular weight excluding hydrogens is 583 g/mol. The molecule has 6 heteroatoms. The highest BCUT2D eigenvalue weighted by molar-refractivity contribution is 7.21. The molecule has 0 fully saturated rings. The van der Waals surface area contributed by atoms with Gasteiger partial charge in [0.15, 0.2) is 11.6 Å². The van der Waals surface area contributed by atoms with Crippen molar-refractivity contribution in [1.82, 2.24) is 24.5 Å². The molecule has 3 aromatic heterocycles. The predicted molar refractivity (Wildman–Crippen MR) is 189 cm³/mol. The van der Waals surface area contributed by atoms with E-state index in [1.54, 1.807) is 11.3 Å². The Kier molecular flexibility index (Phi) is 6.25. The van der Waals surface area contributed by atoms with Gasteiger partial charge in [0, 0.05) is 27.5 Å². The molecule has 0 N–H and O–H groups in total. The molecule has 0 saturated carbocycles. The van der Waals surface area contributed by atoms with Crippen molar-refractivity contribution in [2.24, 2.45) is 0 Å². The molecule has 0 aliphatic heterocycles. The summed E-state index contributed by atoms with van der Waals surface area (Å²) in [4.78, 5) is 19.8. The second kappa shape index (κ2) is 10.9. The molecule has 5 nitrogen and oxygen atoms in total.